The number of benzene rings is 4. The first kappa shape index (κ1) is 18.5. The van der Waals surface area contributed by atoms with E-state index in [0.717, 1.165) is 33.1 Å². The van der Waals surface area contributed by atoms with E-state index in [4.69, 9.17) is 4.98 Å². The lowest BCUT2D eigenvalue weighted by Gasteiger charge is -2.07. The summed E-state index contributed by atoms with van der Waals surface area (Å²) in [6.07, 6.45) is 1.83. The van der Waals surface area contributed by atoms with Gasteiger partial charge in [-0.25, -0.2) is 4.98 Å². The Morgan fingerprint density at radius 1 is 0.515 bits per heavy atom. The second kappa shape index (κ2) is 7.22. The first-order valence-corrected chi connectivity index (χ1v) is 11.8. The fourth-order valence-corrected chi connectivity index (χ4v) is 5.71. The van der Waals surface area contributed by atoms with Gasteiger partial charge in [-0.15, -0.1) is 11.3 Å². The zero-order valence-electron chi connectivity index (χ0n) is 17.7. The van der Waals surface area contributed by atoms with Gasteiger partial charge in [-0.05, 0) is 41.5 Å². The SMILES string of the molecule is c1cnc2c(c1)ccc1ccc(-c3ccc(-c4ccc5sc6ccccc6c5c4)cc3)nc12. The molecular formula is C30H18N2S. The lowest BCUT2D eigenvalue weighted by atomic mass is 10.0. The van der Waals surface area contributed by atoms with Gasteiger partial charge in [0.1, 0.15) is 0 Å². The van der Waals surface area contributed by atoms with Gasteiger partial charge in [0.05, 0.1) is 16.7 Å². The molecule has 154 valence electrons. The summed E-state index contributed by atoms with van der Waals surface area (Å²) in [6.45, 7) is 0. The third-order valence-corrected chi connectivity index (χ3v) is 7.47. The fourth-order valence-electron chi connectivity index (χ4n) is 4.62. The molecule has 0 fully saturated rings. The van der Waals surface area contributed by atoms with Crippen molar-refractivity contribution in [2.75, 3.05) is 0 Å². The van der Waals surface area contributed by atoms with Crippen LogP contribution in [0.4, 0.5) is 0 Å². The van der Waals surface area contributed by atoms with Gasteiger partial charge in [-0.2, -0.15) is 0 Å². The molecule has 3 heterocycles. The summed E-state index contributed by atoms with van der Waals surface area (Å²) in [4.78, 5) is 9.56. The van der Waals surface area contributed by atoms with Crippen molar-refractivity contribution in [2.24, 2.45) is 0 Å². The summed E-state index contributed by atoms with van der Waals surface area (Å²) in [6, 6.07) is 36.6. The fraction of sp³-hybridized carbons (Fsp3) is 0. The summed E-state index contributed by atoms with van der Waals surface area (Å²) in [5, 5.41) is 4.88. The van der Waals surface area contributed by atoms with Crippen molar-refractivity contribution in [1.82, 2.24) is 9.97 Å². The quantitative estimate of drug-likeness (QED) is 0.253. The van der Waals surface area contributed by atoms with E-state index in [0.29, 0.717) is 0 Å². The number of pyridine rings is 2. The van der Waals surface area contributed by atoms with Crippen molar-refractivity contribution in [3.05, 3.63) is 109 Å². The van der Waals surface area contributed by atoms with Crippen molar-refractivity contribution in [2.45, 2.75) is 0 Å². The zero-order valence-corrected chi connectivity index (χ0v) is 18.5. The van der Waals surface area contributed by atoms with Crippen molar-refractivity contribution in [3.63, 3.8) is 0 Å². The molecular weight excluding hydrogens is 420 g/mol. The van der Waals surface area contributed by atoms with Crippen LogP contribution in [0.5, 0.6) is 0 Å². The van der Waals surface area contributed by atoms with Crippen LogP contribution < -0.4 is 0 Å². The summed E-state index contributed by atoms with van der Waals surface area (Å²) in [5.74, 6) is 0. The van der Waals surface area contributed by atoms with E-state index >= 15 is 0 Å². The maximum atomic E-state index is 4.98. The molecule has 7 rings (SSSR count). The summed E-state index contributed by atoms with van der Waals surface area (Å²) in [5.41, 5.74) is 6.42. The molecule has 0 aliphatic carbocycles. The Bertz CT molecular complexity index is 1810. The first-order chi connectivity index (χ1) is 16.3. The average Bonchev–Trinajstić information content (AvgIpc) is 3.26. The highest BCUT2D eigenvalue weighted by Crippen LogP contribution is 2.36. The number of fused-ring (bicyclic) bond motifs is 6. The number of rotatable bonds is 2. The maximum absolute atomic E-state index is 4.98. The van der Waals surface area contributed by atoms with E-state index in [9.17, 15) is 0 Å². The van der Waals surface area contributed by atoms with Crippen LogP contribution >= 0.6 is 11.3 Å². The van der Waals surface area contributed by atoms with Gasteiger partial charge in [-0.3, -0.25) is 4.98 Å². The smallest absolute Gasteiger partial charge is 0.0972 e. The van der Waals surface area contributed by atoms with Gasteiger partial charge in [0.15, 0.2) is 0 Å². The van der Waals surface area contributed by atoms with E-state index < -0.39 is 0 Å². The number of hydrogen-bond acceptors (Lipinski definition) is 3. The van der Waals surface area contributed by atoms with E-state index in [-0.39, 0.29) is 0 Å². The van der Waals surface area contributed by atoms with Crippen LogP contribution in [0.15, 0.2) is 109 Å². The minimum atomic E-state index is 0.949. The Balaban J connectivity index is 1.30. The van der Waals surface area contributed by atoms with Gasteiger partial charge >= 0.3 is 0 Å². The van der Waals surface area contributed by atoms with E-state index in [1.165, 1.54) is 31.3 Å². The Morgan fingerprint density at radius 2 is 1.24 bits per heavy atom. The van der Waals surface area contributed by atoms with Crippen molar-refractivity contribution in [3.8, 4) is 22.4 Å². The summed E-state index contributed by atoms with van der Waals surface area (Å²) >= 11 is 1.85. The number of thiophene rings is 1. The lowest BCUT2D eigenvalue weighted by molar-refractivity contribution is 1.37. The molecule has 0 aliphatic rings. The van der Waals surface area contributed by atoms with Gasteiger partial charge in [0, 0.05) is 42.7 Å². The van der Waals surface area contributed by atoms with Crippen LogP contribution in [0.1, 0.15) is 0 Å². The lowest BCUT2D eigenvalue weighted by Crippen LogP contribution is -1.88. The molecule has 0 saturated heterocycles. The molecule has 4 aromatic carbocycles. The van der Waals surface area contributed by atoms with Crippen LogP contribution in [0.2, 0.25) is 0 Å². The molecule has 3 aromatic heterocycles. The predicted octanol–water partition coefficient (Wildman–Crippen LogP) is 8.48. The largest absolute Gasteiger partial charge is 0.254 e. The van der Waals surface area contributed by atoms with Crippen LogP contribution in [0, 0.1) is 0 Å². The number of hydrogen-bond donors (Lipinski definition) is 0. The van der Waals surface area contributed by atoms with Crippen LogP contribution in [-0.2, 0) is 0 Å². The minimum absolute atomic E-state index is 0.949. The molecule has 0 bridgehead atoms. The molecule has 0 aliphatic heterocycles. The Morgan fingerprint density at radius 3 is 2.15 bits per heavy atom. The molecule has 33 heavy (non-hydrogen) atoms. The maximum Gasteiger partial charge on any atom is 0.0972 e. The molecule has 0 radical (unpaired) electrons. The highest BCUT2D eigenvalue weighted by atomic mass is 32.1. The Kier molecular flexibility index (Phi) is 4.05. The molecule has 0 amide bonds. The second-order valence-electron chi connectivity index (χ2n) is 8.30. The summed E-state index contributed by atoms with van der Waals surface area (Å²) < 4.78 is 2.67. The normalized spacial score (nSPS) is 11.6. The van der Waals surface area contributed by atoms with E-state index in [1.807, 2.05) is 23.6 Å². The van der Waals surface area contributed by atoms with Crippen molar-refractivity contribution < 1.29 is 0 Å². The van der Waals surface area contributed by atoms with Crippen molar-refractivity contribution >= 4 is 53.3 Å². The standard InChI is InChI=1S/C30H18N2S/c1-2-6-27-24(5-1)25-18-23(14-16-28(25)33-27)19-7-9-20(10-8-19)26-15-13-22-12-11-21-4-3-17-31-29(21)30(22)32-26/h1-18H. The molecule has 3 heteroatoms. The topological polar surface area (TPSA) is 25.8 Å². The highest BCUT2D eigenvalue weighted by molar-refractivity contribution is 7.25. The van der Waals surface area contributed by atoms with Crippen molar-refractivity contribution in [1.29, 1.82) is 0 Å². The third kappa shape index (κ3) is 3.01. The van der Waals surface area contributed by atoms with Crippen LogP contribution in [0.25, 0.3) is 64.4 Å². The third-order valence-electron chi connectivity index (χ3n) is 6.32. The van der Waals surface area contributed by atoms with Crippen LogP contribution in [-0.4, -0.2) is 9.97 Å². The predicted molar refractivity (Wildman–Crippen MR) is 141 cm³/mol. The highest BCUT2D eigenvalue weighted by Gasteiger charge is 2.09. The zero-order chi connectivity index (χ0) is 21.8. The molecule has 0 N–H and O–H groups in total. The van der Waals surface area contributed by atoms with E-state index in [2.05, 4.69) is 102 Å². The van der Waals surface area contributed by atoms with Gasteiger partial charge in [0.2, 0.25) is 0 Å². The average molecular weight is 439 g/mol. The Labute approximate surface area is 194 Å². The molecule has 0 unspecified atom stereocenters. The van der Waals surface area contributed by atoms with E-state index in [1.54, 1.807) is 0 Å². The van der Waals surface area contributed by atoms with Crippen LogP contribution in [0.3, 0.4) is 0 Å². The van der Waals surface area contributed by atoms with Gasteiger partial charge in [0.25, 0.3) is 0 Å². The molecule has 0 atom stereocenters. The second-order valence-corrected chi connectivity index (χ2v) is 9.38. The molecule has 0 spiro atoms. The monoisotopic (exact) mass is 438 g/mol. The number of aromatic nitrogens is 2. The summed E-state index contributed by atoms with van der Waals surface area (Å²) in [7, 11) is 0. The molecule has 7 aromatic rings. The Hall–Kier alpha value is -4.08. The molecule has 0 saturated carbocycles. The minimum Gasteiger partial charge on any atom is -0.254 e. The number of nitrogens with zero attached hydrogens (tertiary/aromatic N) is 2. The molecule has 2 nitrogen and oxygen atoms in total. The van der Waals surface area contributed by atoms with Gasteiger partial charge < -0.3 is 0 Å². The van der Waals surface area contributed by atoms with Gasteiger partial charge in [-0.1, -0.05) is 72.8 Å². The first-order valence-electron chi connectivity index (χ1n) is 11.0.